The van der Waals surface area contributed by atoms with Gasteiger partial charge in [-0.15, -0.1) is 11.3 Å². The molecule has 0 radical (unpaired) electrons. The van der Waals surface area contributed by atoms with Gasteiger partial charge in [0.15, 0.2) is 0 Å². The Hall–Kier alpha value is -0.0600. The highest BCUT2D eigenvalue weighted by molar-refractivity contribution is 9.09. The zero-order valence-electron chi connectivity index (χ0n) is 8.80. The van der Waals surface area contributed by atoms with Crippen LogP contribution in [0.25, 0.3) is 0 Å². The van der Waals surface area contributed by atoms with E-state index in [9.17, 15) is 4.79 Å². The van der Waals surface area contributed by atoms with Crippen LogP contribution in [0.5, 0.6) is 0 Å². The molecule has 0 aliphatic rings. The average molecular weight is 311 g/mol. The number of nitrogens with one attached hydrogen (secondary N) is 1. The summed E-state index contributed by atoms with van der Waals surface area (Å²) in [6, 6.07) is 1.73. The first-order valence-electron chi connectivity index (χ1n) is 4.54. The molecule has 0 saturated heterocycles. The number of amides is 1. The molecule has 1 heterocycles. The van der Waals surface area contributed by atoms with Crippen LogP contribution >= 0.6 is 38.9 Å². The summed E-state index contributed by atoms with van der Waals surface area (Å²) >= 11 is 10.7. The summed E-state index contributed by atoms with van der Waals surface area (Å²) in [5, 5.41) is 5.26. The van der Waals surface area contributed by atoms with Crippen molar-refractivity contribution < 1.29 is 4.79 Å². The highest BCUT2D eigenvalue weighted by Crippen LogP contribution is 2.24. The molecule has 0 bridgehead atoms. The molecule has 0 aliphatic heterocycles. The summed E-state index contributed by atoms with van der Waals surface area (Å²) in [4.78, 5) is 12.6. The van der Waals surface area contributed by atoms with E-state index in [1.165, 1.54) is 11.3 Å². The van der Waals surface area contributed by atoms with Gasteiger partial charge in [0.25, 0.3) is 5.91 Å². The average Bonchev–Trinajstić information content (AvgIpc) is 2.50. The number of thiophene rings is 1. The molecule has 1 aromatic heterocycles. The van der Waals surface area contributed by atoms with Gasteiger partial charge in [0, 0.05) is 10.4 Å². The molecular weight excluding hydrogens is 298 g/mol. The molecular formula is C10H13BrClNOS. The van der Waals surface area contributed by atoms with Crippen LogP contribution in [-0.2, 0) is 0 Å². The number of hydrogen-bond acceptors (Lipinski definition) is 2. The minimum Gasteiger partial charge on any atom is -0.345 e. The Kier molecular flexibility index (Phi) is 4.20. The smallest absolute Gasteiger partial charge is 0.263 e. The van der Waals surface area contributed by atoms with Gasteiger partial charge in [0.2, 0.25) is 0 Å². The predicted molar refractivity (Wildman–Crippen MR) is 69.3 cm³/mol. The summed E-state index contributed by atoms with van der Waals surface area (Å²) in [5.74, 6) is -0.119. The Labute approximate surface area is 107 Å². The van der Waals surface area contributed by atoms with E-state index >= 15 is 0 Å². The van der Waals surface area contributed by atoms with Crippen molar-refractivity contribution in [3.05, 3.63) is 21.3 Å². The molecule has 1 aromatic rings. The van der Waals surface area contributed by atoms with Crippen molar-refractivity contribution in [2.75, 3.05) is 0 Å². The normalized spacial score (nSPS) is 13.7. The van der Waals surface area contributed by atoms with Crippen LogP contribution in [0.4, 0.5) is 0 Å². The molecule has 0 aliphatic carbocycles. The molecule has 0 saturated carbocycles. The number of alkyl halides is 1. The maximum absolute atomic E-state index is 11.8. The first-order chi connectivity index (χ1) is 6.84. The summed E-state index contributed by atoms with van der Waals surface area (Å²) in [6.45, 7) is 5.92. The maximum Gasteiger partial charge on any atom is 0.263 e. The zero-order valence-corrected chi connectivity index (χ0v) is 12.0. The molecule has 0 fully saturated rings. The largest absolute Gasteiger partial charge is 0.345 e. The van der Waals surface area contributed by atoms with Crippen LogP contribution in [-0.4, -0.2) is 16.3 Å². The molecule has 0 aromatic carbocycles. The van der Waals surface area contributed by atoms with Crippen LogP contribution in [0.1, 0.15) is 30.4 Å². The van der Waals surface area contributed by atoms with Gasteiger partial charge < -0.3 is 5.32 Å². The molecule has 84 valence electrons. The lowest BCUT2D eigenvalue weighted by atomic mass is 10.0. The Balaban J connectivity index is 2.77. The van der Waals surface area contributed by atoms with Crippen LogP contribution in [0.15, 0.2) is 11.4 Å². The van der Waals surface area contributed by atoms with E-state index < -0.39 is 0 Å². The molecule has 1 unspecified atom stereocenters. The fraction of sp³-hybridized carbons (Fsp3) is 0.500. The van der Waals surface area contributed by atoms with E-state index in [0.717, 1.165) is 0 Å². The third-order valence-corrected chi connectivity index (χ3v) is 4.74. The number of carbonyl (C=O) groups is 1. The topological polar surface area (TPSA) is 29.1 Å². The van der Waals surface area contributed by atoms with Crippen molar-refractivity contribution in [1.29, 1.82) is 0 Å². The number of carbonyl (C=O) groups excluding carboxylic acids is 1. The van der Waals surface area contributed by atoms with E-state index in [-0.39, 0.29) is 16.3 Å². The van der Waals surface area contributed by atoms with Crippen molar-refractivity contribution in [2.45, 2.75) is 31.1 Å². The van der Waals surface area contributed by atoms with Crippen LogP contribution < -0.4 is 5.32 Å². The molecule has 1 atom stereocenters. The molecule has 5 heteroatoms. The summed E-state index contributed by atoms with van der Waals surface area (Å²) in [7, 11) is 0. The van der Waals surface area contributed by atoms with Crippen LogP contribution in [0.2, 0.25) is 5.02 Å². The second-order valence-electron chi connectivity index (χ2n) is 3.89. The van der Waals surface area contributed by atoms with Gasteiger partial charge >= 0.3 is 0 Å². The molecule has 0 spiro atoms. The Bertz CT molecular complexity index is 362. The minimum atomic E-state index is -0.301. The van der Waals surface area contributed by atoms with Gasteiger partial charge in [-0.3, -0.25) is 4.79 Å². The monoisotopic (exact) mass is 309 g/mol. The summed E-state index contributed by atoms with van der Waals surface area (Å²) in [5.41, 5.74) is -0.301. The fourth-order valence-corrected chi connectivity index (χ4v) is 2.06. The van der Waals surface area contributed by atoms with Crippen molar-refractivity contribution in [2.24, 2.45) is 0 Å². The van der Waals surface area contributed by atoms with E-state index in [1.807, 2.05) is 26.2 Å². The van der Waals surface area contributed by atoms with Crippen LogP contribution in [0, 0.1) is 0 Å². The van der Waals surface area contributed by atoms with Crippen LogP contribution in [0.3, 0.4) is 0 Å². The Morgan fingerprint density at radius 3 is 2.67 bits per heavy atom. The molecule has 2 nitrogen and oxygen atoms in total. The van der Waals surface area contributed by atoms with Crippen molar-refractivity contribution >= 4 is 44.8 Å². The molecule has 1 rings (SSSR count). The lowest BCUT2D eigenvalue weighted by Crippen LogP contribution is -2.48. The van der Waals surface area contributed by atoms with Gasteiger partial charge in [-0.2, -0.15) is 0 Å². The lowest BCUT2D eigenvalue weighted by Gasteiger charge is -2.29. The highest BCUT2D eigenvalue weighted by Gasteiger charge is 2.27. The molecule has 15 heavy (non-hydrogen) atoms. The van der Waals surface area contributed by atoms with E-state index in [4.69, 9.17) is 11.6 Å². The Morgan fingerprint density at radius 2 is 2.27 bits per heavy atom. The van der Waals surface area contributed by atoms with Gasteiger partial charge in [0.05, 0.1) is 5.02 Å². The third kappa shape index (κ3) is 3.20. The minimum absolute atomic E-state index is 0.119. The fourth-order valence-electron chi connectivity index (χ4n) is 0.905. The van der Waals surface area contributed by atoms with Crippen molar-refractivity contribution in [3.8, 4) is 0 Å². The highest BCUT2D eigenvalue weighted by atomic mass is 79.9. The maximum atomic E-state index is 11.8. The quantitative estimate of drug-likeness (QED) is 0.848. The Morgan fingerprint density at radius 1 is 1.67 bits per heavy atom. The van der Waals surface area contributed by atoms with Gasteiger partial charge in [-0.05, 0) is 25.3 Å². The SMILES string of the molecule is CC(Br)C(C)(C)NC(=O)c1sccc1Cl. The third-order valence-electron chi connectivity index (χ3n) is 2.25. The van der Waals surface area contributed by atoms with Gasteiger partial charge in [-0.25, -0.2) is 0 Å². The molecule has 1 amide bonds. The van der Waals surface area contributed by atoms with Crippen molar-refractivity contribution in [1.82, 2.24) is 5.32 Å². The van der Waals surface area contributed by atoms with E-state index in [1.54, 1.807) is 6.07 Å². The zero-order chi connectivity index (χ0) is 11.6. The number of rotatable bonds is 3. The first-order valence-corrected chi connectivity index (χ1v) is 6.71. The van der Waals surface area contributed by atoms with Gasteiger partial charge in [0.1, 0.15) is 4.88 Å². The second-order valence-corrected chi connectivity index (χ2v) is 6.59. The van der Waals surface area contributed by atoms with E-state index in [2.05, 4.69) is 21.2 Å². The number of hydrogen-bond donors (Lipinski definition) is 1. The summed E-state index contributed by atoms with van der Waals surface area (Å²) < 4.78 is 0. The second kappa shape index (κ2) is 4.85. The molecule has 1 N–H and O–H groups in total. The van der Waals surface area contributed by atoms with Crippen molar-refractivity contribution in [3.63, 3.8) is 0 Å². The summed E-state index contributed by atoms with van der Waals surface area (Å²) in [6.07, 6.45) is 0. The van der Waals surface area contributed by atoms with Gasteiger partial charge in [-0.1, -0.05) is 34.5 Å². The standard InChI is InChI=1S/C10H13BrClNOS/c1-6(11)10(2,3)13-9(14)8-7(12)4-5-15-8/h4-6H,1-3H3,(H,13,14). The number of halogens is 2. The first kappa shape index (κ1) is 13.0. The lowest BCUT2D eigenvalue weighted by molar-refractivity contribution is 0.0918. The predicted octanol–water partition coefficient (Wildman–Crippen LogP) is 3.69. The van der Waals surface area contributed by atoms with E-state index in [0.29, 0.717) is 9.90 Å².